The first-order valence-corrected chi connectivity index (χ1v) is 8.64. The van der Waals surface area contributed by atoms with Gasteiger partial charge in [0.15, 0.2) is 0 Å². The Morgan fingerprint density at radius 1 is 1.45 bits per heavy atom. The van der Waals surface area contributed by atoms with Crippen molar-refractivity contribution >= 4 is 21.6 Å². The van der Waals surface area contributed by atoms with Gasteiger partial charge in [0, 0.05) is 23.7 Å². The van der Waals surface area contributed by atoms with Crippen molar-refractivity contribution < 1.29 is 12.8 Å². The Labute approximate surface area is 122 Å². The monoisotopic (exact) mass is 318 g/mol. The van der Waals surface area contributed by atoms with Gasteiger partial charge in [0.2, 0.25) is 10.0 Å². The quantitative estimate of drug-likeness (QED) is 0.847. The third kappa shape index (κ3) is 2.82. The van der Waals surface area contributed by atoms with E-state index in [1.54, 1.807) is 12.1 Å². The molecule has 20 heavy (non-hydrogen) atoms. The van der Waals surface area contributed by atoms with Gasteiger partial charge in [0.1, 0.15) is 11.3 Å². The molecule has 4 nitrogen and oxygen atoms in total. The fourth-order valence-corrected chi connectivity index (χ4v) is 4.48. The van der Waals surface area contributed by atoms with Crippen molar-refractivity contribution in [2.45, 2.75) is 31.2 Å². The van der Waals surface area contributed by atoms with Crippen molar-refractivity contribution in [1.82, 2.24) is 9.71 Å². The first-order chi connectivity index (χ1) is 9.40. The lowest BCUT2D eigenvalue weighted by atomic mass is 9.72. The largest absolute Gasteiger partial charge is 0.247 e. The molecule has 0 aromatic carbocycles. The molecule has 7 heteroatoms. The minimum Gasteiger partial charge on any atom is -0.247 e. The molecular weight excluding hydrogens is 303 g/mol. The van der Waals surface area contributed by atoms with E-state index in [0.717, 1.165) is 12.8 Å². The predicted molar refractivity (Wildman–Crippen MR) is 74.5 cm³/mol. The van der Waals surface area contributed by atoms with E-state index in [4.69, 9.17) is 11.6 Å². The van der Waals surface area contributed by atoms with Crippen molar-refractivity contribution in [2.75, 3.05) is 6.54 Å². The van der Waals surface area contributed by atoms with Gasteiger partial charge < -0.3 is 0 Å². The van der Waals surface area contributed by atoms with Crippen LogP contribution < -0.4 is 4.72 Å². The lowest BCUT2D eigenvalue weighted by molar-refractivity contribution is 0.138. The topological polar surface area (TPSA) is 59.1 Å². The summed E-state index contributed by atoms with van der Waals surface area (Å²) in [4.78, 5) is 3.85. The highest BCUT2D eigenvalue weighted by Crippen LogP contribution is 2.64. The van der Waals surface area contributed by atoms with Crippen molar-refractivity contribution in [3.05, 3.63) is 29.0 Å². The molecule has 1 heterocycles. The Bertz CT molecular complexity index is 617. The minimum absolute atomic E-state index is 0.0945. The summed E-state index contributed by atoms with van der Waals surface area (Å²) >= 11 is 5.85. The van der Waals surface area contributed by atoms with Crippen LogP contribution in [0.25, 0.3) is 0 Å². The van der Waals surface area contributed by atoms with Gasteiger partial charge in [0.05, 0.1) is 5.75 Å². The van der Waals surface area contributed by atoms with Crippen molar-refractivity contribution in [3.63, 3.8) is 0 Å². The van der Waals surface area contributed by atoms with Gasteiger partial charge in [-0.25, -0.2) is 22.5 Å². The second-order valence-electron chi connectivity index (χ2n) is 5.87. The molecule has 2 aliphatic carbocycles. The lowest BCUT2D eigenvalue weighted by Gasteiger charge is -2.35. The average Bonchev–Trinajstić information content (AvgIpc) is 3.00. The second-order valence-corrected chi connectivity index (χ2v) is 8.03. The highest BCUT2D eigenvalue weighted by atomic mass is 35.5. The Morgan fingerprint density at radius 2 is 2.15 bits per heavy atom. The van der Waals surface area contributed by atoms with Crippen LogP contribution in [0.15, 0.2) is 18.3 Å². The zero-order valence-corrected chi connectivity index (χ0v) is 12.4. The molecule has 1 atom stereocenters. The van der Waals surface area contributed by atoms with Crippen LogP contribution in [0.4, 0.5) is 4.39 Å². The standard InChI is InChI=1S/C13H16ClFN2O2S/c14-12-10(2-1-3-16-12)8-20(18,19)17-7-9-4-13(5-9)6-11(13)15/h1-3,9,11,17H,4-8H2. The van der Waals surface area contributed by atoms with Crippen LogP contribution >= 0.6 is 11.6 Å². The number of alkyl halides is 1. The average molecular weight is 319 g/mol. The number of aromatic nitrogens is 1. The summed E-state index contributed by atoms with van der Waals surface area (Å²) in [7, 11) is -3.43. The molecular formula is C13H16ClFN2O2S. The molecule has 0 bridgehead atoms. The fraction of sp³-hybridized carbons (Fsp3) is 0.615. The van der Waals surface area contributed by atoms with Gasteiger partial charge in [-0.2, -0.15) is 0 Å². The van der Waals surface area contributed by atoms with E-state index in [-0.39, 0.29) is 22.2 Å². The van der Waals surface area contributed by atoms with E-state index in [9.17, 15) is 12.8 Å². The normalized spacial score (nSPS) is 32.1. The lowest BCUT2D eigenvalue weighted by Crippen LogP contribution is -2.38. The molecule has 1 aromatic heterocycles. The number of hydrogen-bond acceptors (Lipinski definition) is 3. The van der Waals surface area contributed by atoms with Crippen molar-refractivity contribution in [3.8, 4) is 0 Å². The number of nitrogens with zero attached hydrogens (tertiary/aromatic N) is 1. The summed E-state index contributed by atoms with van der Waals surface area (Å²) in [5.41, 5.74) is 0.390. The first kappa shape index (κ1) is 14.2. The van der Waals surface area contributed by atoms with Gasteiger partial charge in [-0.15, -0.1) is 0 Å². The molecule has 2 aliphatic rings. The van der Waals surface area contributed by atoms with Crippen LogP contribution in [-0.2, 0) is 15.8 Å². The minimum atomic E-state index is -3.43. The van der Waals surface area contributed by atoms with Crippen LogP contribution in [0.1, 0.15) is 24.8 Å². The fourth-order valence-electron chi connectivity index (χ4n) is 2.98. The molecule has 1 N–H and O–H groups in total. The van der Waals surface area contributed by atoms with Crippen LogP contribution in [0.3, 0.4) is 0 Å². The van der Waals surface area contributed by atoms with Gasteiger partial charge in [-0.3, -0.25) is 0 Å². The van der Waals surface area contributed by atoms with Gasteiger partial charge in [0.25, 0.3) is 0 Å². The second kappa shape index (κ2) is 4.93. The van der Waals surface area contributed by atoms with E-state index in [2.05, 4.69) is 9.71 Å². The van der Waals surface area contributed by atoms with Crippen molar-refractivity contribution in [1.29, 1.82) is 0 Å². The van der Waals surface area contributed by atoms with E-state index < -0.39 is 16.2 Å². The molecule has 2 saturated carbocycles. The summed E-state index contributed by atoms with van der Waals surface area (Å²) in [6, 6.07) is 3.30. The number of sulfonamides is 1. The Kier molecular flexibility index (Phi) is 3.51. The van der Waals surface area contributed by atoms with E-state index >= 15 is 0 Å². The van der Waals surface area contributed by atoms with Crippen LogP contribution in [0, 0.1) is 11.3 Å². The molecule has 1 aromatic rings. The van der Waals surface area contributed by atoms with E-state index in [1.165, 1.54) is 6.20 Å². The summed E-state index contributed by atoms with van der Waals surface area (Å²) in [5, 5.41) is 0.207. The van der Waals surface area contributed by atoms with E-state index in [0.29, 0.717) is 18.5 Å². The maximum Gasteiger partial charge on any atom is 0.215 e. The zero-order chi connectivity index (χ0) is 14.4. The summed E-state index contributed by atoms with van der Waals surface area (Å²) in [6.45, 7) is 0.384. The highest BCUT2D eigenvalue weighted by Gasteiger charge is 2.62. The number of pyridine rings is 1. The summed E-state index contributed by atoms with van der Waals surface area (Å²) < 4.78 is 39.5. The molecule has 0 radical (unpaired) electrons. The smallest absolute Gasteiger partial charge is 0.215 e. The number of halogens is 2. The summed E-state index contributed by atoms with van der Waals surface area (Å²) in [6.07, 6.45) is 3.10. The van der Waals surface area contributed by atoms with Gasteiger partial charge in [-0.05, 0) is 31.2 Å². The molecule has 1 unspecified atom stereocenters. The molecule has 0 aliphatic heterocycles. The first-order valence-electron chi connectivity index (χ1n) is 6.61. The summed E-state index contributed by atoms with van der Waals surface area (Å²) in [5.74, 6) is 0.0819. The molecule has 110 valence electrons. The third-order valence-electron chi connectivity index (χ3n) is 4.25. The highest BCUT2D eigenvalue weighted by molar-refractivity contribution is 7.88. The molecule has 0 amide bonds. The third-order valence-corrected chi connectivity index (χ3v) is 5.89. The van der Waals surface area contributed by atoms with Gasteiger partial charge in [-0.1, -0.05) is 17.7 Å². The van der Waals surface area contributed by atoms with Crippen LogP contribution in [0.2, 0.25) is 5.15 Å². The number of nitrogens with one attached hydrogen (secondary N) is 1. The number of hydrogen-bond donors (Lipinski definition) is 1. The molecule has 3 rings (SSSR count). The Balaban J connectivity index is 1.51. The van der Waals surface area contributed by atoms with Gasteiger partial charge >= 0.3 is 0 Å². The molecule has 2 fully saturated rings. The Hall–Kier alpha value is -0.720. The molecule has 1 spiro atoms. The Morgan fingerprint density at radius 3 is 2.75 bits per heavy atom. The number of rotatable bonds is 5. The SMILES string of the molecule is O=S(=O)(Cc1cccnc1Cl)NCC1CC2(C1)CC2F. The van der Waals surface area contributed by atoms with E-state index in [1.807, 2.05) is 0 Å². The molecule has 0 saturated heterocycles. The maximum atomic E-state index is 13.0. The van der Waals surface area contributed by atoms with Crippen molar-refractivity contribution in [2.24, 2.45) is 11.3 Å². The maximum absolute atomic E-state index is 13.0. The van der Waals surface area contributed by atoms with Crippen LogP contribution in [0.5, 0.6) is 0 Å². The van der Waals surface area contributed by atoms with Crippen LogP contribution in [-0.4, -0.2) is 26.1 Å². The predicted octanol–water partition coefficient (Wildman–Crippen LogP) is 2.29. The zero-order valence-electron chi connectivity index (χ0n) is 10.9.